The number of carbonyl (C=O) groups excluding carboxylic acids is 2. The number of amides is 1. The summed E-state index contributed by atoms with van der Waals surface area (Å²) < 4.78 is 4.64. The molecule has 0 spiro atoms. The number of benzene rings is 1. The predicted molar refractivity (Wildman–Crippen MR) is 74.3 cm³/mol. The van der Waals surface area contributed by atoms with Crippen LogP contribution in [0.5, 0.6) is 0 Å². The SMILES string of the molecule is CCC[C@@H](N)C(=O)Nc1cc(Cl)ccc1C(=O)OC. The van der Waals surface area contributed by atoms with Gasteiger partial charge in [0.1, 0.15) is 0 Å². The van der Waals surface area contributed by atoms with Crippen molar-refractivity contribution in [2.24, 2.45) is 5.73 Å². The van der Waals surface area contributed by atoms with E-state index in [0.717, 1.165) is 6.42 Å². The Morgan fingerprint density at radius 3 is 2.74 bits per heavy atom. The van der Waals surface area contributed by atoms with Crippen molar-refractivity contribution < 1.29 is 14.3 Å². The second-order valence-electron chi connectivity index (χ2n) is 4.07. The summed E-state index contributed by atoms with van der Waals surface area (Å²) in [5, 5.41) is 3.01. The van der Waals surface area contributed by atoms with Crippen molar-refractivity contribution in [3.8, 4) is 0 Å². The molecular weight excluding hydrogens is 268 g/mol. The minimum absolute atomic E-state index is 0.240. The smallest absolute Gasteiger partial charge is 0.339 e. The highest BCUT2D eigenvalue weighted by Crippen LogP contribution is 2.22. The number of nitrogens with one attached hydrogen (secondary N) is 1. The normalized spacial score (nSPS) is 11.8. The number of hydrogen-bond acceptors (Lipinski definition) is 4. The Morgan fingerprint density at radius 2 is 2.16 bits per heavy atom. The molecule has 19 heavy (non-hydrogen) atoms. The third kappa shape index (κ3) is 4.22. The van der Waals surface area contributed by atoms with E-state index in [1.54, 1.807) is 6.07 Å². The fraction of sp³-hybridized carbons (Fsp3) is 0.385. The lowest BCUT2D eigenvalue weighted by Crippen LogP contribution is -2.35. The van der Waals surface area contributed by atoms with Gasteiger partial charge in [-0.1, -0.05) is 24.9 Å². The third-order valence-electron chi connectivity index (χ3n) is 2.58. The van der Waals surface area contributed by atoms with Gasteiger partial charge in [0, 0.05) is 5.02 Å². The first-order valence-electron chi connectivity index (χ1n) is 5.94. The van der Waals surface area contributed by atoms with E-state index in [1.165, 1.54) is 19.2 Å². The molecule has 1 aromatic rings. The number of methoxy groups -OCH3 is 1. The predicted octanol–water partition coefficient (Wildman–Crippen LogP) is 2.19. The molecule has 1 atom stereocenters. The molecule has 3 N–H and O–H groups in total. The van der Waals surface area contributed by atoms with E-state index in [4.69, 9.17) is 17.3 Å². The molecule has 104 valence electrons. The molecule has 1 aromatic carbocycles. The Balaban J connectivity index is 2.96. The number of esters is 1. The van der Waals surface area contributed by atoms with Crippen LogP contribution in [0, 0.1) is 0 Å². The number of rotatable bonds is 5. The lowest BCUT2D eigenvalue weighted by molar-refractivity contribution is -0.117. The second-order valence-corrected chi connectivity index (χ2v) is 4.50. The van der Waals surface area contributed by atoms with Gasteiger partial charge in [0.05, 0.1) is 24.4 Å². The molecule has 5 nitrogen and oxygen atoms in total. The Bertz CT molecular complexity index is 477. The van der Waals surface area contributed by atoms with Crippen LogP contribution in [-0.2, 0) is 9.53 Å². The third-order valence-corrected chi connectivity index (χ3v) is 2.82. The molecule has 0 aliphatic heterocycles. The Hall–Kier alpha value is -1.59. The van der Waals surface area contributed by atoms with Crippen LogP contribution in [0.1, 0.15) is 30.1 Å². The van der Waals surface area contributed by atoms with Crippen LogP contribution in [0.3, 0.4) is 0 Å². The van der Waals surface area contributed by atoms with Gasteiger partial charge >= 0.3 is 5.97 Å². The molecule has 0 bridgehead atoms. The molecule has 6 heteroatoms. The number of ether oxygens (including phenoxy) is 1. The van der Waals surface area contributed by atoms with Crippen molar-refractivity contribution >= 4 is 29.2 Å². The highest BCUT2D eigenvalue weighted by atomic mass is 35.5. The van der Waals surface area contributed by atoms with Gasteiger partial charge in [0.25, 0.3) is 0 Å². The molecule has 0 aromatic heterocycles. The Kier molecular flexibility index (Phi) is 5.79. The van der Waals surface area contributed by atoms with Gasteiger partial charge in [-0.3, -0.25) is 4.79 Å². The summed E-state index contributed by atoms with van der Waals surface area (Å²) in [4.78, 5) is 23.4. The zero-order valence-electron chi connectivity index (χ0n) is 10.9. The van der Waals surface area contributed by atoms with E-state index in [1.807, 2.05) is 6.92 Å². The molecule has 0 unspecified atom stereocenters. The topological polar surface area (TPSA) is 81.4 Å². The molecular formula is C13H17ClN2O3. The lowest BCUT2D eigenvalue weighted by atomic mass is 10.1. The maximum atomic E-state index is 11.8. The minimum atomic E-state index is -0.616. The lowest BCUT2D eigenvalue weighted by Gasteiger charge is -2.13. The van der Waals surface area contributed by atoms with Crippen molar-refractivity contribution in [3.63, 3.8) is 0 Å². The number of halogens is 1. The van der Waals surface area contributed by atoms with Gasteiger partial charge in [-0.15, -0.1) is 0 Å². The van der Waals surface area contributed by atoms with Gasteiger partial charge < -0.3 is 15.8 Å². The van der Waals surface area contributed by atoms with Crippen molar-refractivity contribution in [3.05, 3.63) is 28.8 Å². The van der Waals surface area contributed by atoms with Crippen LogP contribution in [-0.4, -0.2) is 25.0 Å². The van der Waals surface area contributed by atoms with Crippen LogP contribution >= 0.6 is 11.6 Å². The van der Waals surface area contributed by atoms with Crippen LogP contribution in [0.2, 0.25) is 5.02 Å². The van der Waals surface area contributed by atoms with Gasteiger partial charge in [-0.05, 0) is 24.6 Å². The van der Waals surface area contributed by atoms with Gasteiger partial charge in [-0.25, -0.2) is 4.79 Å². The largest absolute Gasteiger partial charge is 0.465 e. The molecule has 0 radical (unpaired) electrons. The van der Waals surface area contributed by atoms with E-state index >= 15 is 0 Å². The summed E-state index contributed by atoms with van der Waals surface area (Å²) in [5.74, 6) is -0.898. The second kappa shape index (κ2) is 7.11. The summed E-state index contributed by atoms with van der Waals surface area (Å²) >= 11 is 5.85. The first kappa shape index (κ1) is 15.5. The quantitative estimate of drug-likeness (QED) is 0.812. The Morgan fingerprint density at radius 1 is 1.47 bits per heavy atom. The van der Waals surface area contributed by atoms with E-state index in [0.29, 0.717) is 17.1 Å². The highest BCUT2D eigenvalue weighted by Gasteiger charge is 2.17. The Labute approximate surface area is 117 Å². The summed E-state index contributed by atoms with van der Waals surface area (Å²) in [5.41, 5.74) is 6.25. The molecule has 0 fully saturated rings. The molecule has 0 saturated carbocycles. The maximum absolute atomic E-state index is 11.8. The summed E-state index contributed by atoms with van der Waals surface area (Å²) in [6, 6.07) is 3.92. The first-order valence-corrected chi connectivity index (χ1v) is 6.31. The van der Waals surface area contributed by atoms with E-state index in [-0.39, 0.29) is 11.5 Å². The average Bonchev–Trinajstić information content (AvgIpc) is 2.38. The summed E-state index contributed by atoms with van der Waals surface area (Å²) in [7, 11) is 1.27. The van der Waals surface area contributed by atoms with Crippen LogP contribution in [0.4, 0.5) is 5.69 Å². The zero-order chi connectivity index (χ0) is 14.4. The first-order chi connectivity index (χ1) is 8.99. The molecule has 0 aliphatic rings. The molecule has 0 heterocycles. The van der Waals surface area contributed by atoms with Crippen molar-refractivity contribution in [1.29, 1.82) is 0 Å². The summed E-state index contributed by atoms with van der Waals surface area (Å²) in [6.07, 6.45) is 1.37. The van der Waals surface area contributed by atoms with Crippen molar-refractivity contribution in [2.45, 2.75) is 25.8 Å². The molecule has 1 amide bonds. The fourth-order valence-electron chi connectivity index (χ4n) is 1.58. The van der Waals surface area contributed by atoms with Crippen molar-refractivity contribution in [2.75, 3.05) is 12.4 Å². The van der Waals surface area contributed by atoms with Gasteiger partial charge in [-0.2, -0.15) is 0 Å². The highest BCUT2D eigenvalue weighted by molar-refractivity contribution is 6.31. The van der Waals surface area contributed by atoms with Crippen molar-refractivity contribution in [1.82, 2.24) is 0 Å². The molecule has 0 saturated heterocycles. The van der Waals surface area contributed by atoms with E-state index in [2.05, 4.69) is 10.1 Å². The van der Waals surface area contributed by atoms with E-state index in [9.17, 15) is 9.59 Å². The van der Waals surface area contributed by atoms with Gasteiger partial charge in [0.2, 0.25) is 5.91 Å². The number of anilines is 1. The molecule has 0 aliphatic carbocycles. The summed E-state index contributed by atoms with van der Waals surface area (Å²) in [6.45, 7) is 1.94. The number of carbonyl (C=O) groups is 2. The van der Waals surface area contributed by atoms with Crippen LogP contribution < -0.4 is 11.1 Å². The maximum Gasteiger partial charge on any atom is 0.339 e. The minimum Gasteiger partial charge on any atom is -0.465 e. The average molecular weight is 285 g/mol. The van der Waals surface area contributed by atoms with E-state index < -0.39 is 12.0 Å². The number of nitrogens with two attached hydrogens (primary N) is 1. The van der Waals surface area contributed by atoms with Crippen LogP contribution in [0.25, 0.3) is 0 Å². The fourth-order valence-corrected chi connectivity index (χ4v) is 1.75. The number of hydrogen-bond donors (Lipinski definition) is 2. The van der Waals surface area contributed by atoms with Crippen LogP contribution in [0.15, 0.2) is 18.2 Å². The zero-order valence-corrected chi connectivity index (χ0v) is 11.7. The standard InChI is InChI=1S/C13H17ClN2O3/c1-3-4-10(15)12(17)16-11-7-8(14)5-6-9(11)13(18)19-2/h5-7,10H,3-4,15H2,1-2H3,(H,16,17)/t10-/m1/s1. The molecule has 1 rings (SSSR count). The monoisotopic (exact) mass is 284 g/mol. The van der Waals surface area contributed by atoms with Gasteiger partial charge in [0.15, 0.2) is 0 Å².